The van der Waals surface area contributed by atoms with Gasteiger partial charge in [0.1, 0.15) is 0 Å². The van der Waals surface area contributed by atoms with E-state index in [9.17, 15) is 0 Å². The van der Waals surface area contributed by atoms with Gasteiger partial charge in [-0.2, -0.15) is 4.89 Å². The SMILES string of the molecule is [C]1[C]c2ccccc2OO1. The molecule has 2 nitrogen and oxygen atoms in total. The Kier molecular flexibility index (Phi) is 1.32. The molecule has 0 unspecified atom stereocenters. The molecule has 0 atom stereocenters. The number of para-hydroxylation sites is 1. The summed E-state index contributed by atoms with van der Waals surface area (Å²) in [4.78, 5) is 9.18. The third kappa shape index (κ3) is 0.866. The molecule has 1 aromatic carbocycles. The second kappa shape index (κ2) is 2.31. The van der Waals surface area contributed by atoms with E-state index < -0.39 is 0 Å². The summed E-state index contributed by atoms with van der Waals surface area (Å²) in [7, 11) is 0. The Balaban J connectivity index is 2.41. The van der Waals surface area contributed by atoms with Crippen LogP contribution in [0.1, 0.15) is 5.56 Å². The van der Waals surface area contributed by atoms with Crippen molar-refractivity contribution in [1.29, 1.82) is 0 Å². The van der Waals surface area contributed by atoms with E-state index >= 15 is 0 Å². The molecule has 4 radical (unpaired) electrons. The molecule has 10 heavy (non-hydrogen) atoms. The molecule has 2 heteroatoms. The molecule has 0 bridgehead atoms. The van der Waals surface area contributed by atoms with Crippen LogP contribution in [0.3, 0.4) is 0 Å². The lowest BCUT2D eigenvalue weighted by atomic mass is 10.1. The molecular weight excluding hydrogens is 128 g/mol. The minimum atomic E-state index is 0.682. The second-order valence-electron chi connectivity index (χ2n) is 1.89. The van der Waals surface area contributed by atoms with E-state index in [-0.39, 0.29) is 0 Å². The highest BCUT2D eigenvalue weighted by Crippen LogP contribution is 2.24. The van der Waals surface area contributed by atoms with E-state index in [2.05, 4.69) is 17.9 Å². The van der Waals surface area contributed by atoms with Crippen molar-refractivity contribution in [1.82, 2.24) is 0 Å². The minimum Gasteiger partial charge on any atom is -0.336 e. The molecule has 1 heterocycles. The first-order chi connectivity index (χ1) is 4.97. The first kappa shape index (κ1) is 5.74. The molecule has 0 N–H and O–H groups in total. The third-order valence-electron chi connectivity index (χ3n) is 1.25. The van der Waals surface area contributed by atoms with Gasteiger partial charge in [0.05, 0.1) is 6.42 Å². The van der Waals surface area contributed by atoms with Gasteiger partial charge in [-0.05, 0) is 6.07 Å². The zero-order valence-corrected chi connectivity index (χ0v) is 5.13. The zero-order chi connectivity index (χ0) is 6.81. The van der Waals surface area contributed by atoms with Gasteiger partial charge in [-0.3, -0.25) is 0 Å². The fraction of sp³-hybridized carbons (Fsp3) is 0. The molecule has 1 aliphatic rings. The average molecular weight is 132 g/mol. The van der Waals surface area contributed by atoms with Crippen molar-refractivity contribution in [3.8, 4) is 5.75 Å². The van der Waals surface area contributed by atoms with Crippen molar-refractivity contribution in [2.45, 2.75) is 0 Å². The van der Waals surface area contributed by atoms with Gasteiger partial charge in [-0.25, -0.2) is 0 Å². The van der Waals surface area contributed by atoms with Crippen LogP contribution >= 0.6 is 0 Å². The molecular formula is C8H4O2. The number of hydrogen-bond donors (Lipinski definition) is 0. The smallest absolute Gasteiger partial charge is 0.201 e. The summed E-state index contributed by atoms with van der Waals surface area (Å²) < 4.78 is 0. The van der Waals surface area contributed by atoms with Gasteiger partial charge in [-0.1, -0.05) is 18.2 Å². The van der Waals surface area contributed by atoms with Crippen LogP contribution in [-0.4, -0.2) is 0 Å². The summed E-state index contributed by atoms with van der Waals surface area (Å²) in [6, 6.07) is 7.46. The van der Waals surface area contributed by atoms with Gasteiger partial charge in [0, 0.05) is 5.56 Å². The summed E-state index contributed by atoms with van der Waals surface area (Å²) in [5.41, 5.74) is 0.869. The predicted molar refractivity (Wildman–Crippen MR) is 33.7 cm³/mol. The van der Waals surface area contributed by atoms with Crippen molar-refractivity contribution in [3.63, 3.8) is 0 Å². The quantitative estimate of drug-likeness (QED) is 0.498. The number of rotatable bonds is 0. The van der Waals surface area contributed by atoms with Gasteiger partial charge < -0.3 is 4.89 Å². The molecule has 0 saturated heterocycles. The highest BCUT2D eigenvalue weighted by Gasteiger charge is 2.11. The van der Waals surface area contributed by atoms with Crippen molar-refractivity contribution in [3.05, 3.63) is 42.9 Å². The van der Waals surface area contributed by atoms with Gasteiger partial charge >= 0.3 is 0 Å². The van der Waals surface area contributed by atoms with Gasteiger partial charge in [0.15, 0.2) is 5.75 Å². The summed E-state index contributed by atoms with van der Waals surface area (Å²) in [5, 5.41) is 0. The molecule has 2 rings (SSSR count). The van der Waals surface area contributed by atoms with Crippen LogP contribution in [-0.2, 0) is 4.89 Å². The lowest BCUT2D eigenvalue weighted by molar-refractivity contribution is -0.175. The first-order valence-corrected chi connectivity index (χ1v) is 2.90. The lowest BCUT2D eigenvalue weighted by Crippen LogP contribution is -2.03. The third-order valence-corrected chi connectivity index (χ3v) is 1.25. The number of fused-ring (bicyclic) bond motifs is 1. The summed E-state index contributed by atoms with van der Waals surface area (Å²) in [6.07, 6.45) is 2.77. The highest BCUT2D eigenvalue weighted by atomic mass is 17.2. The van der Waals surface area contributed by atoms with Gasteiger partial charge in [0.25, 0.3) is 0 Å². The monoisotopic (exact) mass is 132 g/mol. The van der Waals surface area contributed by atoms with E-state index in [1.165, 1.54) is 0 Å². The van der Waals surface area contributed by atoms with Gasteiger partial charge in [-0.15, -0.1) is 0 Å². The van der Waals surface area contributed by atoms with Crippen molar-refractivity contribution >= 4 is 0 Å². The Labute approximate surface area is 59.3 Å². The van der Waals surface area contributed by atoms with Crippen LogP contribution in [0, 0.1) is 13.0 Å². The Morgan fingerprint density at radius 1 is 1.20 bits per heavy atom. The van der Waals surface area contributed by atoms with Crippen LogP contribution in [0.15, 0.2) is 24.3 Å². The standard InChI is InChI=1S/C8H4O2/c1-2-4-8-7(3-1)5-6-9-10-8/h1-4H. The summed E-state index contributed by atoms with van der Waals surface area (Å²) >= 11 is 0. The maximum atomic E-state index is 4.75. The number of hydrogen-bond acceptors (Lipinski definition) is 2. The Morgan fingerprint density at radius 3 is 3.00 bits per heavy atom. The van der Waals surface area contributed by atoms with Crippen LogP contribution in [0.2, 0.25) is 0 Å². The lowest BCUT2D eigenvalue weighted by Gasteiger charge is -2.11. The predicted octanol–water partition coefficient (Wildman–Crippen LogP) is 1.48. The van der Waals surface area contributed by atoms with Crippen molar-refractivity contribution in [2.75, 3.05) is 0 Å². The fourth-order valence-corrected chi connectivity index (χ4v) is 0.784. The molecule has 0 spiro atoms. The van der Waals surface area contributed by atoms with Crippen LogP contribution in [0.25, 0.3) is 0 Å². The van der Waals surface area contributed by atoms with Crippen LogP contribution < -0.4 is 4.89 Å². The second-order valence-corrected chi connectivity index (χ2v) is 1.89. The van der Waals surface area contributed by atoms with Crippen molar-refractivity contribution < 1.29 is 9.78 Å². The molecule has 0 saturated carbocycles. The molecule has 1 aromatic rings. The topological polar surface area (TPSA) is 18.5 Å². The number of benzene rings is 1. The Morgan fingerprint density at radius 2 is 2.10 bits per heavy atom. The first-order valence-electron chi connectivity index (χ1n) is 2.90. The van der Waals surface area contributed by atoms with Crippen LogP contribution in [0.4, 0.5) is 0 Å². The van der Waals surface area contributed by atoms with E-state index in [0.717, 1.165) is 5.56 Å². The molecule has 0 aliphatic carbocycles. The zero-order valence-electron chi connectivity index (χ0n) is 5.13. The molecule has 0 fully saturated rings. The minimum absolute atomic E-state index is 0.682. The maximum Gasteiger partial charge on any atom is 0.201 e. The van der Waals surface area contributed by atoms with E-state index in [1.54, 1.807) is 0 Å². The van der Waals surface area contributed by atoms with Crippen LogP contribution in [0.5, 0.6) is 5.75 Å². The average Bonchev–Trinajstić information content (AvgIpc) is 2.05. The Bertz CT molecular complexity index is 207. The van der Waals surface area contributed by atoms with E-state index in [1.807, 2.05) is 24.3 Å². The summed E-state index contributed by atoms with van der Waals surface area (Å²) in [5.74, 6) is 0.682. The molecule has 0 aromatic heterocycles. The fourth-order valence-electron chi connectivity index (χ4n) is 0.784. The van der Waals surface area contributed by atoms with E-state index in [0.29, 0.717) is 5.75 Å². The normalized spacial score (nSPS) is 15.6. The molecule has 1 aliphatic heterocycles. The Hall–Kier alpha value is -1.02. The van der Waals surface area contributed by atoms with E-state index in [4.69, 9.17) is 4.89 Å². The largest absolute Gasteiger partial charge is 0.336 e. The highest BCUT2D eigenvalue weighted by molar-refractivity contribution is 5.40. The molecule has 0 amide bonds. The van der Waals surface area contributed by atoms with Gasteiger partial charge in [0.2, 0.25) is 6.61 Å². The summed E-state index contributed by atoms with van der Waals surface area (Å²) in [6.45, 7) is 2.37. The molecule has 48 valence electrons. The maximum absolute atomic E-state index is 4.75. The van der Waals surface area contributed by atoms with Crippen molar-refractivity contribution in [2.24, 2.45) is 0 Å².